The molecule has 2 saturated heterocycles. The SMILES string of the molecule is CCC(CC)ON(C[C@@H](O)[C@H](Cc1ccc(OCc2ccccc2)cc1)N(C(=O)O)[C@H]1CO[C@H]2OCC[C@H]21)S(=O)(=O)c1ccc2c(c1)OCO2. The summed E-state index contributed by atoms with van der Waals surface area (Å²) >= 11 is 0. The number of amides is 1. The summed E-state index contributed by atoms with van der Waals surface area (Å²) in [4.78, 5) is 20.2. The Bertz CT molecular complexity index is 1690. The molecule has 5 atom stereocenters. The maximum Gasteiger partial charge on any atom is 0.407 e. The highest BCUT2D eigenvalue weighted by atomic mass is 32.2. The van der Waals surface area contributed by atoms with E-state index in [0.29, 0.717) is 44.0 Å². The number of benzene rings is 3. The van der Waals surface area contributed by atoms with Gasteiger partial charge in [-0.2, -0.15) is 0 Å². The van der Waals surface area contributed by atoms with E-state index in [0.717, 1.165) is 15.6 Å². The van der Waals surface area contributed by atoms with Crippen LogP contribution in [0.15, 0.2) is 77.7 Å². The van der Waals surface area contributed by atoms with Crippen molar-refractivity contribution >= 4 is 16.1 Å². The Kier molecular flexibility index (Phi) is 11.5. The molecule has 3 heterocycles. The van der Waals surface area contributed by atoms with E-state index >= 15 is 0 Å². The third-order valence-corrected chi connectivity index (χ3v) is 11.0. The molecule has 3 aromatic rings. The molecule has 1 amide bonds. The first-order valence-electron chi connectivity index (χ1n) is 16.9. The van der Waals surface area contributed by atoms with Gasteiger partial charge < -0.3 is 33.9 Å². The van der Waals surface area contributed by atoms with E-state index < -0.39 is 53.2 Å². The van der Waals surface area contributed by atoms with Crippen molar-refractivity contribution in [3.8, 4) is 17.2 Å². The fourth-order valence-corrected chi connectivity index (χ4v) is 7.93. The quantitative estimate of drug-likeness (QED) is 0.197. The van der Waals surface area contributed by atoms with E-state index in [1.165, 1.54) is 23.1 Å². The van der Waals surface area contributed by atoms with Gasteiger partial charge in [-0.05, 0) is 61.1 Å². The van der Waals surface area contributed by atoms with Gasteiger partial charge in [0.25, 0.3) is 10.0 Å². The second-order valence-corrected chi connectivity index (χ2v) is 14.4. The summed E-state index contributed by atoms with van der Waals surface area (Å²) in [6.45, 7) is 4.07. The van der Waals surface area contributed by atoms with E-state index in [9.17, 15) is 23.4 Å². The molecular formula is C36H44N2O11S. The normalized spacial score (nSPS) is 20.9. The fourth-order valence-electron chi connectivity index (χ4n) is 6.61. The molecule has 3 aliphatic rings. The monoisotopic (exact) mass is 712 g/mol. The molecular weight excluding hydrogens is 668 g/mol. The topological polar surface area (TPSA) is 154 Å². The van der Waals surface area contributed by atoms with Gasteiger partial charge in [-0.15, -0.1) is 0 Å². The van der Waals surface area contributed by atoms with Crippen molar-refractivity contribution in [1.29, 1.82) is 0 Å². The number of ether oxygens (including phenoxy) is 5. The van der Waals surface area contributed by atoms with Crippen LogP contribution in [0.4, 0.5) is 4.79 Å². The molecule has 0 aromatic heterocycles. The maximum absolute atomic E-state index is 14.1. The van der Waals surface area contributed by atoms with Crippen LogP contribution in [0.25, 0.3) is 0 Å². The van der Waals surface area contributed by atoms with Gasteiger partial charge in [0.2, 0.25) is 6.79 Å². The van der Waals surface area contributed by atoms with Crippen molar-refractivity contribution in [3.05, 3.63) is 83.9 Å². The van der Waals surface area contributed by atoms with Crippen LogP contribution in [0.3, 0.4) is 0 Å². The molecule has 6 rings (SSSR count). The van der Waals surface area contributed by atoms with Crippen LogP contribution in [-0.4, -0.2) is 91.2 Å². The van der Waals surface area contributed by atoms with Crippen molar-refractivity contribution in [1.82, 2.24) is 9.37 Å². The van der Waals surface area contributed by atoms with E-state index in [1.54, 1.807) is 12.1 Å². The van der Waals surface area contributed by atoms with E-state index in [2.05, 4.69) is 0 Å². The van der Waals surface area contributed by atoms with Crippen LogP contribution in [0.1, 0.15) is 44.2 Å². The molecule has 270 valence electrons. The molecule has 0 aliphatic carbocycles. The number of hydroxylamine groups is 1. The van der Waals surface area contributed by atoms with Crippen molar-refractivity contribution in [2.75, 3.05) is 26.6 Å². The predicted octanol–water partition coefficient (Wildman–Crippen LogP) is 4.82. The third kappa shape index (κ3) is 8.01. The van der Waals surface area contributed by atoms with Crippen LogP contribution in [0.2, 0.25) is 0 Å². The van der Waals surface area contributed by atoms with Crippen LogP contribution < -0.4 is 14.2 Å². The summed E-state index contributed by atoms with van der Waals surface area (Å²) in [5.41, 5.74) is 1.73. The molecule has 0 saturated carbocycles. The zero-order valence-corrected chi connectivity index (χ0v) is 28.9. The first-order chi connectivity index (χ1) is 24.2. The number of aliphatic hydroxyl groups excluding tert-OH is 1. The predicted molar refractivity (Wildman–Crippen MR) is 180 cm³/mol. The zero-order valence-electron chi connectivity index (χ0n) is 28.1. The third-order valence-electron chi connectivity index (χ3n) is 9.43. The second-order valence-electron chi connectivity index (χ2n) is 12.6. The van der Waals surface area contributed by atoms with Gasteiger partial charge in [0.1, 0.15) is 12.4 Å². The van der Waals surface area contributed by atoms with Gasteiger partial charge in [-0.1, -0.05) is 60.8 Å². The van der Waals surface area contributed by atoms with Crippen LogP contribution in [0, 0.1) is 5.92 Å². The van der Waals surface area contributed by atoms with Gasteiger partial charge in [-0.25, -0.2) is 13.2 Å². The van der Waals surface area contributed by atoms with E-state index in [-0.39, 0.29) is 36.4 Å². The number of hydrogen-bond acceptors (Lipinski definition) is 10. The molecule has 0 unspecified atom stereocenters. The van der Waals surface area contributed by atoms with Gasteiger partial charge in [-0.3, -0.25) is 9.74 Å². The standard InChI is InChI=1S/C36H44N2O11S/c1-3-26(4-2)49-37(50(42,43)28-14-15-33-34(19-28)48-23-47-33)20-32(39)30(38(36(40)41)31-22-46-35-29(31)16-17-44-35)18-24-10-12-27(13-11-24)45-21-25-8-6-5-7-9-25/h5-15,19,26,29-32,35,39H,3-4,16-18,20-23H2,1-2H3,(H,40,41)/t29-,30-,31-,32+,35+/m0/s1. The largest absolute Gasteiger partial charge is 0.489 e. The lowest BCUT2D eigenvalue weighted by molar-refractivity contribution is -0.153. The highest BCUT2D eigenvalue weighted by Gasteiger charge is 2.49. The highest BCUT2D eigenvalue weighted by Crippen LogP contribution is 2.37. The molecule has 2 fully saturated rings. The highest BCUT2D eigenvalue weighted by molar-refractivity contribution is 7.89. The first kappa shape index (κ1) is 35.9. The molecule has 13 nitrogen and oxygen atoms in total. The minimum Gasteiger partial charge on any atom is -0.489 e. The van der Waals surface area contributed by atoms with Crippen LogP contribution in [0.5, 0.6) is 17.2 Å². The van der Waals surface area contributed by atoms with E-state index in [1.807, 2.05) is 56.3 Å². The van der Waals surface area contributed by atoms with Gasteiger partial charge in [0.05, 0.1) is 48.9 Å². The van der Waals surface area contributed by atoms with Crippen LogP contribution >= 0.6 is 0 Å². The average Bonchev–Trinajstić information content (AvgIpc) is 3.88. The Morgan fingerprint density at radius 3 is 2.42 bits per heavy atom. The minimum absolute atomic E-state index is 0.0316. The van der Waals surface area contributed by atoms with Crippen molar-refractivity contribution in [3.63, 3.8) is 0 Å². The Morgan fingerprint density at radius 2 is 1.70 bits per heavy atom. The lowest BCUT2D eigenvalue weighted by Gasteiger charge is -2.39. The van der Waals surface area contributed by atoms with E-state index in [4.69, 9.17) is 28.5 Å². The molecule has 3 aliphatic heterocycles. The lowest BCUT2D eigenvalue weighted by atomic mass is 9.93. The Balaban J connectivity index is 1.29. The molecule has 0 bridgehead atoms. The Labute approximate surface area is 292 Å². The number of aliphatic hydroxyl groups is 1. The number of carboxylic acid groups (broad SMARTS) is 1. The van der Waals surface area contributed by atoms with Crippen LogP contribution in [-0.2, 0) is 37.4 Å². The molecule has 0 radical (unpaired) electrons. The number of carbonyl (C=O) groups is 1. The summed E-state index contributed by atoms with van der Waals surface area (Å²) in [5.74, 6) is 1.08. The maximum atomic E-state index is 14.1. The van der Waals surface area contributed by atoms with Crippen molar-refractivity contribution in [2.45, 2.75) is 81.6 Å². The summed E-state index contributed by atoms with van der Waals surface area (Å²) in [6.07, 6.45) is -2.12. The first-order valence-corrected chi connectivity index (χ1v) is 18.4. The molecule has 3 aromatic carbocycles. The summed E-state index contributed by atoms with van der Waals surface area (Å²) < 4.78 is 57.3. The molecule has 0 spiro atoms. The molecule has 14 heteroatoms. The van der Waals surface area contributed by atoms with Gasteiger partial charge in [0.15, 0.2) is 17.8 Å². The Morgan fingerprint density at radius 1 is 0.960 bits per heavy atom. The Hall–Kier alpha value is -3.92. The average molecular weight is 713 g/mol. The second kappa shape index (κ2) is 16.0. The smallest absolute Gasteiger partial charge is 0.407 e. The molecule has 2 N–H and O–H groups in total. The van der Waals surface area contributed by atoms with Gasteiger partial charge in [0, 0.05) is 12.0 Å². The number of sulfonamides is 1. The zero-order chi connectivity index (χ0) is 35.3. The summed E-state index contributed by atoms with van der Waals surface area (Å²) in [6, 6.07) is 19.5. The summed E-state index contributed by atoms with van der Waals surface area (Å²) in [7, 11) is -4.37. The van der Waals surface area contributed by atoms with Gasteiger partial charge >= 0.3 is 6.09 Å². The lowest BCUT2D eigenvalue weighted by Crippen LogP contribution is -2.57. The van der Waals surface area contributed by atoms with Crippen molar-refractivity contribution in [2.24, 2.45) is 5.92 Å². The number of fused-ring (bicyclic) bond motifs is 2. The number of nitrogens with zero attached hydrogens (tertiary/aromatic N) is 2. The fraction of sp³-hybridized carbons (Fsp3) is 0.472. The summed E-state index contributed by atoms with van der Waals surface area (Å²) in [5, 5.41) is 22.7. The number of rotatable bonds is 16. The number of hydrogen-bond donors (Lipinski definition) is 2. The van der Waals surface area contributed by atoms with Crippen molar-refractivity contribution < 1.29 is 51.9 Å². The minimum atomic E-state index is -4.37. The molecule has 50 heavy (non-hydrogen) atoms.